The predicted molar refractivity (Wildman–Crippen MR) is 122 cm³/mol. The highest BCUT2D eigenvalue weighted by molar-refractivity contribution is 7.15. The van der Waals surface area contributed by atoms with Crippen LogP contribution in [0.5, 0.6) is 11.5 Å². The molecule has 0 aliphatic rings. The lowest BCUT2D eigenvalue weighted by atomic mass is 10.0. The number of ether oxygens (including phenoxy) is 2. The molecule has 4 aromatic rings. The van der Waals surface area contributed by atoms with Gasteiger partial charge in [0.05, 0.1) is 19.8 Å². The molecule has 4 rings (SSSR count). The quantitative estimate of drug-likeness (QED) is 0.420. The topological polar surface area (TPSA) is 97.4 Å². The number of nitriles is 1. The molecular formula is C24H19N3O4S. The number of thiophene rings is 1. The van der Waals surface area contributed by atoms with Crippen molar-refractivity contribution in [3.05, 3.63) is 70.8 Å². The summed E-state index contributed by atoms with van der Waals surface area (Å²) < 4.78 is 15.9. The number of anilines is 1. The molecule has 2 heterocycles. The molecule has 0 atom stereocenters. The van der Waals surface area contributed by atoms with Crippen LogP contribution >= 0.6 is 11.3 Å². The van der Waals surface area contributed by atoms with E-state index >= 15 is 0 Å². The van der Waals surface area contributed by atoms with Crippen LogP contribution < -0.4 is 14.8 Å². The number of rotatable bonds is 6. The maximum absolute atomic E-state index is 13.1. The number of carbonyl (C=O) groups excluding carboxylic acids is 1. The van der Waals surface area contributed by atoms with E-state index in [1.807, 2.05) is 41.8 Å². The number of hydrogen-bond donors (Lipinski definition) is 1. The van der Waals surface area contributed by atoms with Crippen LogP contribution in [0.2, 0.25) is 0 Å². The zero-order chi connectivity index (χ0) is 22.7. The Balaban J connectivity index is 1.68. The summed E-state index contributed by atoms with van der Waals surface area (Å²) in [4.78, 5) is 13.1. The van der Waals surface area contributed by atoms with Gasteiger partial charge in [0.1, 0.15) is 28.1 Å². The first-order valence-electron chi connectivity index (χ1n) is 9.64. The van der Waals surface area contributed by atoms with Crippen molar-refractivity contribution >= 4 is 22.2 Å². The predicted octanol–water partition coefficient (Wildman–Crippen LogP) is 5.52. The molecule has 0 radical (unpaired) electrons. The molecule has 2 aromatic carbocycles. The van der Waals surface area contributed by atoms with Gasteiger partial charge in [-0.3, -0.25) is 4.79 Å². The first kappa shape index (κ1) is 21.2. The summed E-state index contributed by atoms with van der Waals surface area (Å²) in [6, 6.07) is 16.9. The molecule has 160 valence electrons. The number of aromatic nitrogens is 1. The van der Waals surface area contributed by atoms with Gasteiger partial charge < -0.3 is 19.3 Å². The summed E-state index contributed by atoms with van der Waals surface area (Å²) in [5, 5.41) is 19.0. The van der Waals surface area contributed by atoms with Gasteiger partial charge in [-0.25, -0.2) is 0 Å². The second-order valence-corrected chi connectivity index (χ2v) is 7.70. The number of methoxy groups -OCH3 is 2. The highest BCUT2D eigenvalue weighted by atomic mass is 32.1. The number of amides is 1. The fraction of sp³-hybridized carbons (Fsp3) is 0.125. The first-order chi connectivity index (χ1) is 15.6. The summed E-state index contributed by atoms with van der Waals surface area (Å²) in [6.45, 7) is 1.68. The molecule has 0 saturated heterocycles. The summed E-state index contributed by atoms with van der Waals surface area (Å²) in [6.07, 6.45) is 0. The Morgan fingerprint density at radius 2 is 1.84 bits per heavy atom. The van der Waals surface area contributed by atoms with Crippen LogP contribution in [0.3, 0.4) is 0 Å². The van der Waals surface area contributed by atoms with Crippen molar-refractivity contribution in [3.63, 3.8) is 0 Å². The lowest BCUT2D eigenvalue weighted by molar-refractivity contribution is 0.102. The standard InChI is InChI=1S/C24H19N3O4S/c1-14-21(22(27-31-14)15-7-5-4-6-8-15)23(28)26-24-17(12-25)18(13-32-24)16-9-10-19(29-2)20(11-16)30-3/h4-11,13H,1-3H3,(H,26,28). The number of nitrogens with one attached hydrogen (secondary N) is 1. The molecule has 32 heavy (non-hydrogen) atoms. The number of nitrogens with zero attached hydrogens (tertiary/aromatic N) is 2. The molecule has 0 saturated carbocycles. The second-order valence-electron chi connectivity index (χ2n) is 6.82. The van der Waals surface area contributed by atoms with E-state index in [0.717, 1.165) is 11.1 Å². The monoisotopic (exact) mass is 445 g/mol. The van der Waals surface area contributed by atoms with Crippen molar-refractivity contribution in [2.45, 2.75) is 6.92 Å². The molecule has 1 N–H and O–H groups in total. The van der Waals surface area contributed by atoms with Gasteiger partial charge in [0, 0.05) is 16.5 Å². The lowest BCUT2D eigenvalue weighted by Crippen LogP contribution is -2.13. The van der Waals surface area contributed by atoms with Crippen LogP contribution in [0, 0.1) is 18.3 Å². The van der Waals surface area contributed by atoms with Crippen LogP contribution in [0.4, 0.5) is 5.00 Å². The second kappa shape index (κ2) is 8.96. The van der Waals surface area contributed by atoms with E-state index in [0.29, 0.717) is 44.6 Å². The van der Waals surface area contributed by atoms with E-state index in [-0.39, 0.29) is 5.91 Å². The molecule has 0 aliphatic heterocycles. The lowest BCUT2D eigenvalue weighted by Gasteiger charge is -2.09. The van der Waals surface area contributed by atoms with E-state index < -0.39 is 0 Å². The molecule has 0 unspecified atom stereocenters. The van der Waals surface area contributed by atoms with Gasteiger partial charge >= 0.3 is 0 Å². The van der Waals surface area contributed by atoms with E-state index in [4.69, 9.17) is 14.0 Å². The Bertz CT molecular complexity index is 1320. The number of hydrogen-bond acceptors (Lipinski definition) is 7. The van der Waals surface area contributed by atoms with Gasteiger partial charge in [-0.05, 0) is 24.6 Å². The molecule has 1 amide bonds. The third-order valence-corrected chi connectivity index (χ3v) is 5.86. The third-order valence-electron chi connectivity index (χ3n) is 4.96. The van der Waals surface area contributed by atoms with Gasteiger partial charge in [-0.1, -0.05) is 41.6 Å². The Morgan fingerprint density at radius 1 is 1.09 bits per heavy atom. The van der Waals surface area contributed by atoms with E-state index in [2.05, 4.69) is 16.5 Å². The molecule has 0 bridgehead atoms. The molecule has 0 aliphatic carbocycles. The van der Waals surface area contributed by atoms with E-state index in [1.54, 1.807) is 33.3 Å². The van der Waals surface area contributed by atoms with Crippen LogP contribution in [0.15, 0.2) is 58.4 Å². The van der Waals surface area contributed by atoms with Crippen LogP contribution in [0.25, 0.3) is 22.4 Å². The Kier molecular flexibility index (Phi) is 5.92. The van der Waals surface area contributed by atoms with E-state index in [1.165, 1.54) is 11.3 Å². The number of aryl methyl sites for hydroxylation is 1. The zero-order valence-corrected chi connectivity index (χ0v) is 18.4. The third kappa shape index (κ3) is 3.82. The first-order valence-corrected chi connectivity index (χ1v) is 10.5. The normalized spacial score (nSPS) is 10.4. The van der Waals surface area contributed by atoms with Crippen LogP contribution in [-0.4, -0.2) is 25.3 Å². The molecular weight excluding hydrogens is 426 g/mol. The molecule has 0 fully saturated rings. The summed E-state index contributed by atoms with van der Waals surface area (Å²) in [7, 11) is 3.12. The van der Waals surface area contributed by atoms with Crippen molar-refractivity contribution in [3.8, 4) is 40.0 Å². The van der Waals surface area contributed by atoms with Gasteiger partial charge in [-0.15, -0.1) is 11.3 Å². The smallest absolute Gasteiger partial charge is 0.262 e. The fourth-order valence-corrected chi connectivity index (χ4v) is 4.29. The van der Waals surface area contributed by atoms with Crippen molar-refractivity contribution < 1.29 is 18.8 Å². The number of carbonyl (C=O) groups is 1. The van der Waals surface area contributed by atoms with Crippen molar-refractivity contribution in [1.82, 2.24) is 5.16 Å². The van der Waals surface area contributed by atoms with Gasteiger partial charge in [0.15, 0.2) is 11.5 Å². The van der Waals surface area contributed by atoms with Gasteiger partial charge in [0.2, 0.25) is 0 Å². The Labute approximate surface area is 188 Å². The molecule has 8 heteroatoms. The zero-order valence-electron chi connectivity index (χ0n) is 17.6. The largest absolute Gasteiger partial charge is 0.493 e. The fourth-order valence-electron chi connectivity index (χ4n) is 3.38. The SMILES string of the molecule is COc1ccc(-c2csc(NC(=O)c3c(-c4ccccc4)noc3C)c2C#N)cc1OC. The molecule has 2 aromatic heterocycles. The Morgan fingerprint density at radius 3 is 2.53 bits per heavy atom. The van der Waals surface area contributed by atoms with Crippen LogP contribution in [0.1, 0.15) is 21.7 Å². The van der Waals surface area contributed by atoms with Crippen LogP contribution in [-0.2, 0) is 0 Å². The average Bonchev–Trinajstić information content (AvgIpc) is 3.42. The maximum Gasteiger partial charge on any atom is 0.262 e. The van der Waals surface area contributed by atoms with Gasteiger partial charge in [0.25, 0.3) is 5.91 Å². The minimum atomic E-state index is -0.389. The number of benzene rings is 2. The summed E-state index contributed by atoms with van der Waals surface area (Å²) in [5.41, 5.74) is 3.40. The van der Waals surface area contributed by atoms with Crippen molar-refractivity contribution in [2.75, 3.05) is 19.5 Å². The minimum Gasteiger partial charge on any atom is -0.493 e. The highest BCUT2D eigenvalue weighted by Crippen LogP contribution is 2.39. The molecule has 7 nitrogen and oxygen atoms in total. The average molecular weight is 446 g/mol. The highest BCUT2D eigenvalue weighted by Gasteiger charge is 2.24. The Hall–Kier alpha value is -4.09. The summed E-state index contributed by atoms with van der Waals surface area (Å²) in [5.74, 6) is 1.16. The van der Waals surface area contributed by atoms with E-state index in [9.17, 15) is 10.1 Å². The molecule has 0 spiro atoms. The minimum absolute atomic E-state index is 0.334. The maximum atomic E-state index is 13.1. The summed E-state index contributed by atoms with van der Waals surface area (Å²) >= 11 is 1.27. The van der Waals surface area contributed by atoms with Crippen molar-refractivity contribution in [2.24, 2.45) is 0 Å². The van der Waals surface area contributed by atoms with Gasteiger partial charge in [-0.2, -0.15) is 5.26 Å². The van der Waals surface area contributed by atoms with Crippen molar-refractivity contribution in [1.29, 1.82) is 5.26 Å².